The average Bonchev–Trinajstić information content (AvgIpc) is 2.68. The van der Waals surface area contributed by atoms with Gasteiger partial charge in [0.1, 0.15) is 5.69 Å². The highest BCUT2D eigenvalue weighted by molar-refractivity contribution is 9.10. The molecule has 1 aromatic heterocycles. The predicted molar refractivity (Wildman–Crippen MR) is 68.0 cm³/mol. The molecular weight excluding hydrogens is 288 g/mol. The monoisotopic (exact) mass is 304 g/mol. The molecule has 0 spiro atoms. The van der Waals surface area contributed by atoms with Gasteiger partial charge in [0.05, 0.1) is 12.7 Å². The first-order chi connectivity index (χ1) is 8.08. The Hall–Kier alpha value is -0.850. The van der Waals surface area contributed by atoms with Gasteiger partial charge in [0.2, 0.25) is 0 Å². The minimum Gasteiger partial charge on any atom is -0.389 e. The normalized spacial score (nSPS) is 12.5. The first kappa shape index (κ1) is 14.2. The van der Waals surface area contributed by atoms with Crippen LogP contribution in [0, 0.1) is 0 Å². The fourth-order valence-corrected chi connectivity index (χ4v) is 1.94. The van der Waals surface area contributed by atoms with Crippen LogP contribution in [0.2, 0.25) is 0 Å². The topological polar surface area (TPSA) is 63.5 Å². The third-order valence-electron chi connectivity index (χ3n) is 2.29. The van der Waals surface area contributed by atoms with Gasteiger partial charge >= 0.3 is 0 Å². The fourth-order valence-electron chi connectivity index (χ4n) is 1.48. The third-order valence-corrected chi connectivity index (χ3v) is 2.73. The van der Waals surface area contributed by atoms with Crippen molar-refractivity contribution in [2.45, 2.75) is 19.6 Å². The van der Waals surface area contributed by atoms with Crippen molar-refractivity contribution in [3.8, 4) is 0 Å². The zero-order chi connectivity index (χ0) is 12.8. The highest BCUT2D eigenvalue weighted by Gasteiger charge is 2.13. The SMILES string of the molecule is CCn1cc(Br)cc1C(=O)NCC(O)COC. The molecule has 1 amide bonds. The summed E-state index contributed by atoms with van der Waals surface area (Å²) < 4.78 is 7.47. The van der Waals surface area contributed by atoms with Crippen LogP contribution < -0.4 is 5.32 Å². The summed E-state index contributed by atoms with van der Waals surface area (Å²) in [5, 5.41) is 12.1. The number of aliphatic hydroxyl groups is 1. The van der Waals surface area contributed by atoms with Crippen LogP contribution in [0.5, 0.6) is 0 Å². The van der Waals surface area contributed by atoms with Gasteiger partial charge < -0.3 is 19.7 Å². The molecule has 0 aliphatic heterocycles. The predicted octanol–water partition coefficient (Wildman–Crippen LogP) is 1.01. The number of carbonyl (C=O) groups excluding carboxylic acids is 1. The minimum absolute atomic E-state index is 0.180. The number of hydrogen-bond donors (Lipinski definition) is 2. The number of methoxy groups -OCH3 is 1. The van der Waals surface area contributed by atoms with Gasteiger partial charge in [0, 0.05) is 30.9 Å². The maximum Gasteiger partial charge on any atom is 0.268 e. The Kier molecular flexibility index (Phi) is 5.67. The second-order valence-electron chi connectivity index (χ2n) is 3.65. The van der Waals surface area contributed by atoms with E-state index in [1.807, 2.05) is 17.7 Å². The molecule has 5 nitrogen and oxygen atoms in total. The lowest BCUT2D eigenvalue weighted by Gasteiger charge is -2.11. The van der Waals surface area contributed by atoms with Crippen molar-refractivity contribution >= 4 is 21.8 Å². The molecule has 0 saturated heterocycles. The molecule has 0 radical (unpaired) electrons. The molecule has 1 rings (SSSR count). The minimum atomic E-state index is -0.683. The van der Waals surface area contributed by atoms with Crippen molar-refractivity contribution in [2.75, 3.05) is 20.3 Å². The number of rotatable bonds is 6. The van der Waals surface area contributed by atoms with Crippen molar-refractivity contribution in [2.24, 2.45) is 0 Å². The number of hydrogen-bond acceptors (Lipinski definition) is 3. The van der Waals surface area contributed by atoms with E-state index in [-0.39, 0.29) is 19.1 Å². The van der Waals surface area contributed by atoms with E-state index in [1.54, 1.807) is 6.07 Å². The lowest BCUT2D eigenvalue weighted by molar-refractivity contribution is 0.0607. The van der Waals surface area contributed by atoms with Gasteiger partial charge in [0.15, 0.2) is 0 Å². The molecule has 0 bridgehead atoms. The van der Waals surface area contributed by atoms with Crippen LogP contribution in [0.4, 0.5) is 0 Å². The number of halogens is 1. The Labute approximate surface area is 109 Å². The summed E-state index contributed by atoms with van der Waals surface area (Å²) in [7, 11) is 1.50. The second-order valence-corrected chi connectivity index (χ2v) is 4.56. The molecule has 96 valence electrons. The number of nitrogens with one attached hydrogen (secondary N) is 1. The Morgan fingerprint density at radius 2 is 2.41 bits per heavy atom. The van der Waals surface area contributed by atoms with Gasteiger partial charge in [-0.05, 0) is 28.9 Å². The van der Waals surface area contributed by atoms with Crippen molar-refractivity contribution in [1.82, 2.24) is 9.88 Å². The summed E-state index contributed by atoms with van der Waals surface area (Å²) >= 11 is 3.33. The molecule has 1 unspecified atom stereocenters. The van der Waals surface area contributed by atoms with E-state index in [0.29, 0.717) is 5.69 Å². The largest absolute Gasteiger partial charge is 0.389 e. The molecule has 6 heteroatoms. The van der Waals surface area contributed by atoms with E-state index in [2.05, 4.69) is 21.2 Å². The van der Waals surface area contributed by atoms with Crippen LogP contribution in [0.1, 0.15) is 17.4 Å². The van der Waals surface area contributed by atoms with Gasteiger partial charge in [-0.2, -0.15) is 0 Å². The lowest BCUT2D eigenvalue weighted by atomic mass is 10.3. The van der Waals surface area contributed by atoms with E-state index in [4.69, 9.17) is 4.74 Å². The van der Waals surface area contributed by atoms with Crippen LogP contribution in [0.3, 0.4) is 0 Å². The summed E-state index contributed by atoms with van der Waals surface area (Å²) in [5.41, 5.74) is 0.573. The standard InChI is InChI=1S/C11H17BrN2O3/c1-3-14-6-8(12)4-10(14)11(16)13-5-9(15)7-17-2/h4,6,9,15H,3,5,7H2,1-2H3,(H,13,16). The summed E-state index contributed by atoms with van der Waals surface area (Å²) in [6.07, 6.45) is 1.16. The highest BCUT2D eigenvalue weighted by atomic mass is 79.9. The van der Waals surface area contributed by atoms with E-state index < -0.39 is 6.10 Å². The van der Waals surface area contributed by atoms with Gasteiger partial charge in [-0.25, -0.2) is 0 Å². The number of amides is 1. The zero-order valence-electron chi connectivity index (χ0n) is 9.94. The van der Waals surface area contributed by atoms with Gasteiger partial charge in [-0.15, -0.1) is 0 Å². The number of ether oxygens (including phenoxy) is 1. The molecule has 17 heavy (non-hydrogen) atoms. The van der Waals surface area contributed by atoms with Crippen molar-refractivity contribution in [1.29, 1.82) is 0 Å². The van der Waals surface area contributed by atoms with Crippen LogP contribution in [-0.4, -0.2) is 41.9 Å². The second kappa shape index (κ2) is 6.78. The molecule has 0 aliphatic rings. The molecular formula is C11H17BrN2O3. The Balaban J connectivity index is 2.57. The molecule has 1 atom stereocenters. The maximum atomic E-state index is 11.8. The van der Waals surface area contributed by atoms with Crippen LogP contribution in [0.25, 0.3) is 0 Å². The molecule has 0 fully saturated rings. The number of aliphatic hydroxyl groups excluding tert-OH is 1. The zero-order valence-corrected chi connectivity index (χ0v) is 11.5. The smallest absolute Gasteiger partial charge is 0.268 e. The first-order valence-electron chi connectivity index (χ1n) is 5.39. The first-order valence-corrected chi connectivity index (χ1v) is 6.18. The quantitative estimate of drug-likeness (QED) is 0.824. The van der Waals surface area contributed by atoms with Crippen molar-refractivity contribution < 1.29 is 14.6 Å². The third kappa shape index (κ3) is 4.14. The van der Waals surface area contributed by atoms with Gasteiger partial charge in [0.25, 0.3) is 5.91 Å². The van der Waals surface area contributed by atoms with E-state index in [1.165, 1.54) is 7.11 Å². The summed E-state index contributed by atoms with van der Waals surface area (Å²) in [6.45, 7) is 3.07. The van der Waals surface area contributed by atoms with Crippen LogP contribution in [-0.2, 0) is 11.3 Å². The molecule has 0 aliphatic carbocycles. The number of carbonyl (C=O) groups is 1. The molecule has 1 heterocycles. The van der Waals surface area contributed by atoms with Gasteiger partial charge in [-0.3, -0.25) is 4.79 Å². The van der Waals surface area contributed by atoms with E-state index in [9.17, 15) is 9.90 Å². The summed E-state index contributed by atoms with van der Waals surface area (Å²) in [5.74, 6) is -0.201. The Morgan fingerprint density at radius 3 is 3.00 bits per heavy atom. The van der Waals surface area contributed by atoms with Crippen LogP contribution in [0.15, 0.2) is 16.7 Å². The number of aryl methyl sites for hydroxylation is 1. The van der Waals surface area contributed by atoms with E-state index in [0.717, 1.165) is 11.0 Å². The Morgan fingerprint density at radius 1 is 1.71 bits per heavy atom. The lowest BCUT2D eigenvalue weighted by Crippen LogP contribution is -2.35. The average molecular weight is 305 g/mol. The molecule has 0 saturated carbocycles. The van der Waals surface area contributed by atoms with E-state index >= 15 is 0 Å². The molecule has 2 N–H and O–H groups in total. The van der Waals surface area contributed by atoms with Crippen molar-refractivity contribution in [3.05, 3.63) is 22.4 Å². The summed E-state index contributed by atoms with van der Waals surface area (Å²) in [6, 6.07) is 1.75. The fraction of sp³-hybridized carbons (Fsp3) is 0.545. The highest BCUT2D eigenvalue weighted by Crippen LogP contribution is 2.14. The molecule has 1 aromatic rings. The number of nitrogens with zero attached hydrogens (tertiary/aromatic N) is 1. The Bertz CT molecular complexity index is 379. The molecule has 0 aromatic carbocycles. The van der Waals surface area contributed by atoms with Gasteiger partial charge in [-0.1, -0.05) is 0 Å². The maximum absolute atomic E-state index is 11.8. The summed E-state index contributed by atoms with van der Waals surface area (Å²) in [4.78, 5) is 11.8. The van der Waals surface area contributed by atoms with Crippen LogP contribution >= 0.6 is 15.9 Å². The number of aromatic nitrogens is 1. The van der Waals surface area contributed by atoms with Crippen molar-refractivity contribution in [3.63, 3.8) is 0 Å².